The molecule has 1 rings (SSSR count). The Hall–Kier alpha value is -1.73. The van der Waals surface area contributed by atoms with Gasteiger partial charge in [-0.25, -0.2) is 8.78 Å². The van der Waals surface area contributed by atoms with Crippen LogP contribution in [0.25, 0.3) is 0 Å². The molecule has 0 heterocycles. The summed E-state index contributed by atoms with van der Waals surface area (Å²) in [4.78, 5) is 25.4. The van der Waals surface area contributed by atoms with E-state index in [1.165, 1.54) is 0 Å². The maximum atomic E-state index is 13.5. The van der Waals surface area contributed by atoms with Crippen LogP contribution in [0.3, 0.4) is 0 Å². The lowest BCUT2D eigenvalue weighted by atomic mass is 10.0. The third-order valence-corrected chi connectivity index (χ3v) is 4.11. The molecular weight excluding hydrogens is 364 g/mol. The van der Waals surface area contributed by atoms with Gasteiger partial charge in [0.05, 0.1) is 5.56 Å². The van der Waals surface area contributed by atoms with E-state index in [1.54, 1.807) is 11.9 Å². The predicted molar refractivity (Wildman–Crippen MR) is 100 cm³/mol. The second-order valence-corrected chi connectivity index (χ2v) is 6.50. The van der Waals surface area contributed by atoms with E-state index in [2.05, 4.69) is 5.32 Å². The number of nitrogens with one attached hydrogen (secondary N) is 1. The quantitative estimate of drug-likeness (QED) is 0.635. The molecule has 0 bridgehead atoms. The van der Waals surface area contributed by atoms with Crippen LogP contribution in [0.2, 0.25) is 0 Å². The Kier molecular flexibility index (Phi) is 11.0. The summed E-state index contributed by atoms with van der Waals surface area (Å²) in [6.07, 6.45) is 1.45. The van der Waals surface area contributed by atoms with Gasteiger partial charge in [-0.3, -0.25) is 9.59 Å². The number of carbonyl (C=O) groups is 2. The Morgan fingerprint density at radius 2 is 1.92 bits per heavy atom. The number of halogens is 3. The highest BCUT2D eigenvalue weighted by Crippen LogP contribution is 2.09. The number of benzene rings is 1. The van der Waals surface area contributed by atoms with Crippen molar-refractivity contribution in [3.8, 4) is 0 Å². The fourth-order valence-corrected chi connectivity index (χ4v) is 2.20. The maximum Gasteiger partial charge on any atom is 0.254 e. The number of hydrogen-bond donors (Lipinski definition) is 2. The minimum Gasteiger partial charge on any atom is -0.352 e. The molecule has 1 aromatic carbocycles. The monoisotopic (exact) mass is 391 g/mol. The van der Waals surface area contributed by atoms with Gasteiger partial charge >= 0.3 is 0 Å². The summed E-state index contributed by atoms with van der Waals surface area (Å²) in [7, 11) is 1.72. The van der Waals surface area contributed by atoms with Crippen molar-refractivity contribution in [2.24, 2.45) is 11.7 Å². The molecule has 8 heteroatoms. The van der Waals surface area contributed by atoms with Crippen LogP contribution in [0, 0.1) is 17.6 Å². The minimum atomic E-state index is -0.908. The number of nitrogens with zero attached hydrogens (tertiary/aromatic N) is 1. The zero-order valence-electron chi connectivity index (χ0n) is 15.4. The summed E-state index contributed by atoms with van der Waals surface area (Å²) in [6, 6.07) is 2.84. The molecule has 0 aliphatic rings. The van der Waals surface area contributed by atoms with Crippen molar-refractivity contribution in [2.75, 3.05) is 20.1 Å². The molecule has 5 nitrogen and oxygen atoms in total. The summed E-state index contributed by atoms with van der Waals surface area (Å²) >= 11 is 0. The normalized spacial score (nSPS) is 11.7. The molecule has 0 saturated carbocycles. The van der Waals surface area contributed by atoms with Crippen molar-refractivity contribution in [3.63, 3.8) is 0 Å². The SMILES string of the molecule is CC(C)C(N)CCN(C)C(=O)CCCNC(=O)c1ccc(F)cc1F.Cl. The first-order valence-electron chi connectivity index (χ1n) is 8.45. The van der Waals surface area contributed by atoms with Crippen LogP contribution in [0.4, 0.5) is 8.78 Å². The van der Waals surface area contributed by atoms with Crippen LogP contribution in [0.1, 0.15) is 43.5 Å². The van der Waals surface area contributed by atoms with Gasteiger partial charge in [-0.1, -0.05) is 13.8 Å². The van der Waals surface area contributed by atoms with Gasteiger partial charge in [-0.05, 0) is 30.9 Å². The van der Waals surface area contributed by atoms with E-state index in [0.29, 0.717) is 24.9 Å². The van der Waals surface area contributed by atoms with Gasteiger partial charge in [0, 0.05) is 38.7 Å². The standard InChI is InChI=1S/C18H27F2N3O2.ClH/c1-12(2)16(21)8-10-23(3)17(24)5-4-9-22-18(25)14-7-6-13(19)11-15(14)20;/h6-7,11-12,16H,4-5,8-10,21H2,1-3H3,(H,22,25);1H. The highest BCUT2D eigenvalue weighted by Gasteiger charge is 2.14. The van der Waals surface area contributed by atoms with Gasteiger partial charge in [-0.2, -0.15) is 0 Å². The van der Waals surface area contributed by atoms with E-state index in [9.17, 15) is 18.4 Å². The molecule has 0 saturated heterocycles. The first-order valence-corrected chi connectivity index (χ1v) is 8.45. The topological polar surface area (TPSA) is 75.4 Å². The Balaban J connectivity index is 0.00000625. The van der Waals surface area contributed by atoms with Gasteiger partial charge in [0.15, 0.2) is 0 Å². The third-order valence-electron chi connectivity index (χ3n) is 4.11. The van der Waals surface area contributed by atoms with Crippen molar-refractivity contribution < 1.29 is 18.4 Å². The Bertz CT molecular complexity index is 600. The molecule has 1 aromatic rings. The summed E-state index contributed by atoms with van der Waals surface area (Å²) in [5, 5.41) is 2.53. The number of rotatable bonds is 9. The molecule has 148 valence electrons. The Morgan fingerprint density at radius 1 is 1.27 bits per heavy atom. The fraction of sp³-hybridized carbons (Fsp3) is 0.556. The van der Waals surface area contributed by atoms with Crippen molar-refractivity contribution in [1.29, 1.82) is 0 Å². The van der Waals surface area contributed by atoms with Gasteiger partial charge in [-0.15, -0.1) is 12.4 Å². The molecule has 0 aliphatic heterocycles. The Morgan fingerprint density at radius 3 is 2.50 bits per heavy atom. The van der Waals surface area contributed by atoms with Crippen molar-refractivity contribution in [2.45, 2.75) is 39.2 Å². The van der Waals surface area contributed by atoms with E-state index in [-0.39, 0.29) is 42.9 Å². The molecule has 0 fully saturated rings. The van der Waals surface area contributed by atoms with Crippen LogP contribution in [-0.4, -0.2) is 42.9 Å². The second-order valence-electron chi connectivity index (χ2n) is 6.50. The molecule has 0 aromatic heterocycles. The summed E-state index contributed by atoms with van der Waals surface area (Å²) in [5.74, 6) is -1.93. The van der Waals surface area contributed by atoms with Crippen molar-refractivity contribution in [1.82, 2.24) is 10.2 Å². The summed E-state index contributed by atoms with van der Waals surface area (Å²) in [5.41, 5.74) is 5.74. The molecule has 1 atom stereocenters. The maximum absolute atomic E-state index is 13.5. The number of nitrogens with two attached hydrogens (primary N) is 1. The number of hydrogen-bond acceptors (Lipinski definition) is 3. The van der Waals surface area contributed by atoms with Crippen LogP contribution >= 0.6 is 12.4 Å². The molecule has 26 heavy (non-hydrogen) atoms. The highest BCUT2D eigenvalue weighted by molar-refractivity contribution is 5.94. The van der Waals surface area contributed by atoms with Crippen LogP contribution in [-0.2, 0) is 4.79 Å². The van der Waals surface area contributed by atoms with Crippen molar-refractivity contribution in [3.05, 3.63) is 35.4 Å². The second kappa shape index (κ2) is 11.8. The number of amides is 2. The first-order chi connectivity index (χ1) is 11.7. The van der Waals surface area contributed by atoms with Crippen LogP contribution in [0.15, 0.2) is 18.2 Å². The van der Waals surface area contributed by atoms with E-state index in [0.717, 1.165) is 18.6 Å². The highest BCUT2D eigenvalue weighted by atomic mass is 35.5. The van der Waals surface area contributed by atoms with Gasteiger partial charge in [0.25, 0.3) is 5.91 Å². The molecule has 0 spiro atoms. The molecule has 2 amide bonds. The average Bonchev–Trinajstić information content (AvgIpc) is 2.55. The molecule has 0 aliphatic carbocycles. The zero-order valence-corrected chi connectivity index (χ0v) is 16.2. The van der Waals surface area contributed by atoms with E-state index >= 15 is 0 Å². The molecule has 3 N–H and O–H groups in total. The molecular formula is C18H28ClF2N3O2. The lowest BCUT2D eigenvalue weighted by Crippen LogP contribution is -2.35. The van der Waals surface area contributed by atoms with E-state index < -0.39 is 17.5 Å². The van der Waals surface area contributed by atoms with Crippen LogP contribution < -0.4 is 11.1 Å². The van der Waals surface area contributed by atoms with E-state index in [1.807, 2.05) is 13.8 Å². The predicted octanol–water partition coefficient (Wildman–Crippen LogP) is 2.73. The van der Waals surface area contributed by atoms with Crippen molar-refractivity contribution >= 4 is 24.2 Å². The number of carbonyl (C=O) groups excluding carboxylic acids is 2. The third kappa shape index (κ3) is 8.10. The fourth-order valence-electron chi connectivity index (χ4n) is 2.20. The van der Waals surface area contributed by atoms with Gasteiger partial charge in [0.2, 0.25) is 5.91 Å². The largest absolute Gasteiger partial charge is 0.352 e. The molecule has 1 unspecified atom stereocenters. The summed E-state index contributed by atoms with van der Waals surface area (Å²) < 4.78 is 26.3. The lowest BCUT2D eigenvalue weighted by molar-refractivity contribution is -0.130. The van der Waals surface area contributed by atoms with Gasteiger partial charge in [0.1, 0.15) is 11.6 Å². The Labute approximate surface area is 159 Å². The zero-order chi connectivity index (χ0) is 19.0. The minimum absolute atomic E-state index is 0. The van der Waals surface area contributed by atoms with Crippen LogP contribution in [0.5, 0.6) is 0 Å². The average molecular weight is 392 g/mol. The van der Waals surface area contributed by atoms with Gasteiger partial charge < -0.3 is 16.0 Å². The lowest BCUT2D eigenvalue weighted by Gasteiger charge is -2.21. The smallest absolute Gasteiger partial charge is 0.254 e. The molecule has 0 radical (unpaired) electrons. The van der Waals surface area contributed by atoms with E-state index in [4.69, 9.17) is 5.73 Å². The first kappa shape index (κ1) is 24.3. The summed E-state index contributed by atoms with van der Waals surface area (Å²) in [6.45, 7) is 4.91.